The van der Waals surface area contributed by atoms with Crippen molar-refractivity contribution in [1.82, 2.24) is 9.78 Å². The number of hydrogen-bond acceptors (Lipinski definition) is 5. The Balaban J connectivity index is 2.20. The highest BCUT2D eigenvalue weighted by Crippen LogP contribution is 2.24. The first-order valence-corrected chi connectivity index (χ1v) is 7.36. The second-order valence-electron chi connectivity index (χ2n) is 5.22. The standard InChI is InChI=1S/C16H20N4O3/c1-4-23-16(22)11-6-5-7-12(14(11)17)18-15(21)13-8-9-20(19-13)10(2)3/h5-10H,4,17H2,1-3H3,(H,18,21). The van der Waals surface area contributed by atoms with E-state index in [9.17, 15) is 9.59 Å². The molecule has 1 aromatic heterocycles. The summed E-state index contributed by atoms with van der Waals surface area (Å²) in [6.45, 7) is 5.90. The number of nitrogens with one attached hydrogen (secondary N) is 1. The molecule has 0 unspecified atom stereocenters. The van der Waals surface area contributed by atoms with Crippen LogP contribution in [0.2, 0.25) is 0 Å². The molecular weight excluding hydrogens is 296 g/mol. The van der Waals surface area contributed by atoms with Crippen LogP contribution in [0.3, 0.4) is 0 Å². The summed E-state index contributed by atoms with van der Waals surface area (Å²) in [7, 11) is 0. The van der Waals surface area contributed by atoms with E-state index < -0.39 is 11.9 Å². The number of amides is 1. The third-order valence-electron chi connectivity index (χ3n) is 3.22. The van der Waals surface area contributed by atoms with Crippen LogP contribution < -0.4 is 11.1 Å². The maximum Gasteiger partial charge on any atom is 0.340 e. The maximum atomic E-state index is 12.3. The van der Waals surface area contributed by atoms with Gasteiger partial charge in [0.15, 0.2) is 5.69 Å². The third kappa shape index (κ3) is 3.68. The molecule has 0 atom stereocenters. The van der Waals surface area contributed by atoms with Gasteiger partial charge in [-0.05, 0) is 39.0 Å². The molecule has 2 aromatic rings. The molecule has 0 bridgehead atoms. The van der Waals surface area contributed by atoms with Gasteiger partial charge in [-0.2, -0.15) is 5.10 Å². The van der Waals surface area contributed by atoms with Crippen molar-refractivity contribution in [2.75, 3.05) is 17.7 Å². The summed E-state index contributed by atoms with van der Waals surface area (Å²) >= 11 is 0. The largest absolute Gasteiger partial charge is 0.462 e. The quantitative estimate of drug-likeness (QED) is 0.652. The maximum absolute atomic E-state index is 12.3. The molecule has 1 heterocycles. The van der Waals surface area contributed by atoms with Crippen molar-refractivity contribution in [1.29, 1.82) is 0 Å². The highest BCUT2D eigenvalue weighted by molar-refractivity contribution is 6.07. The van der Waals surface area contributed by atoms with Crippen LogP contribution >= 0.6 is 0 Å². The van der Waals surface area contributed by atoms with Gasteiger partial charge in [0.2, 0.25) is 0 Å². The monoisotopic (exact) mass is 316 g/mol. The number of aromatic nitrogens is 2. The number of nitrogen functional groups attached to an aromatic ring is 1. The van der Waals surface area contributed by atoms with E-state index in [1.54, 1.807) is 42.1 Å². The molecule has 122 valence electrons. The number of nitrogens with two attached hydrogens (primary N) is 1. The van der Waals surface area contributed by atoms with Crippen LogP contribution in [0.4, 0.5) is 11.4 Å². The van der Waals surface area contributed by atoms with E-state index >= 15 is 0 Å². The second-order valence-corrected chi connectivity index (χ2v) is 5.22. The fourth-order valence-electron chi connectivity index (χ4n) is 1.99. The number of esters is 1. The van der Waals surface area contributed by atoms with E-state index in [1.807, 2.05) is 13.8 Å². The highest BCUT2D eigenvalue weighted by Gasteiger charge is 2.17. The lowest BCUT2D eigenvalue weighted by atomic mass is 10.1. The van der Waals surface area contributed by atoms with E-state index in [2.05, 4.69) is 10.4 Å². The van der Waals surface area contributed by atoms with Crippen LogP contribution in [0.1, 0.15) is 47.7 Å². The Kier molecular flexibility index (Phi) is 5.00. The molecule has 2 rings (SSSR count). The molecule has 0 aliphatic carbocycles. The Morgan fingerprint density at radius 2 is 2.09 bits per heavy atom. The minimum absolute atomic E-state index is 0.161. The Hall–Kier alpha value is -2.83. The third-order valence-corrected chi connectivity index (χ3v) is 3.22. The zero-order valence-electron chi connectivity index (χ0n) is 13.4. The number of anilines is 2. The van der Waals surface area contributed by atoms with Gasteiger partial charge in [0.05, 0.1) is 23.5 Å². The van der Waals surface area contributed by atoms with E-state index in [4.69, 9.17) is 10.5 Å². The van der Waals surface area contributed by atoms with Crippen LogP contribution in [-0.2, 0) is 4.74 Å². The molecule has 0 radical (unpaired) electrons. The van der Waals surface area contributed by atoms with E-state index in [0.29, 0.717) is 5.69 Å². The summed E-state index contributed by atoms with van der Waals surface area (Å²) in [6, 6.07) is 6.59. The summed E-state index contributed by atoms with van der Waals surface area (Å²) in [5, 5.41) is 6.86. The average molecular weight is 316 g/mol. The number of rotatable bonds is 5. The normalized spacial score (nSPS) is 10.6. The molecule has 0 aliphatic rings. The molecular formula is C16H20N4O3. The minimum Gasteiger partial charge on any atom is -0.462 e. The van der Waals surface area contributed by atoms with Gasteiger partial charge in [-0.15, -0.1) is 0 Å². The minimum atomic E-state index is -0.523. The lowest BCUT2D eigenvalue weighted by Gasteiger charge is -2.11. The number of benzene rings is 1. The summed E-state index contributed by atoms with van der Waals surface area (Å²) in [4.78, 5) is 24.1. The summed E-state index contributed by atoms with van der Waals surface area (Å²) in [5.74, 6) is -0.915. The predicted molar refractivity (Wildman–Crippen MR) is 87.4 cm³/mol. The van der Waals surface area contributed by atoms with Crippen LogP contribution in [0, 0.1) is 0 Å². The molecule has 7 heteroatoms. The summed E-state index contributed by atoms with van der Waals surface area (Å²) < 4.78 is 6.62. The summed E-state index contributed by atoms with van der Waals surface area (Å²) in [5.41, 5.74) is 6.97. The fraction of sp³-hybridized carbons (Fsp3) is 0.312. The van der Waals surface area contributed by atoms with E-state index in [-0.39, 0.29) is 29.6 Å². The lowest BCUT2D eigenvalue weighted by Crippen LogP contribution is -2.16. The van der Waals surface area contributed by atoms with Crippen molar-refractivity contribution in [2.24, 2.45) is 0 Å². The van der Waals surface area contributed by atoms with Gasteiger partial charge in [-0.25, -0.2) is 4.79 Å². The molecule has 0 fully saturated rings. The molecule has 1 amide bonds. The lowest BCUT2D eigenvalue weighted by molar-refractivity contribution is 0.0527. The van der Waals surface area contributed by atoms with Crippen molar-refractivity contribution in [2.45, 2.75) is 26.8 Å². The van der Waals surface area contributed by atoms with Crippen molar-refractivity contribution < 1.29 is 14.3 Å². The Labute approximate surface area is 134 Å². The molecule has 23 heavy (non-hydrogen) atoms. The van der Waals surface area contributed by atoms with E-state index in [1.165, 1.54) is 0 Å². The SMILES string of the molecule is CCOC(=O)c1cccc(NC(=O)c2ccn(C(C)C)n2)c1N. The molecule has 0 saturated heterocycles. The second kappa shape index (κ2) is 6.95. The first-order valence-electron chi connectivity index (χ1n) is 7.36. The van der Waals surface area contributed by atoms with Crippen LogP contribution in [0.25, 0.3) is 0 Å². The summed E-state index contributed by atoms with van der Waals surface area (Å²) in [6.07, 6.45) is 1.73. The van der Waals surface area contributed by atoms with Crippen molar-refractivity contribution in [3.05, 3.63) is 41.7 Å². The van der Waals surface area contributed by atoms with E-state index in [0.717, 1.165) is 0 Å². The topological polar surface area (TPSA) is 99.2 Å². The fourth-order valence-corrected chi connectivity index (χ4v) is 1.99. The number of ether oxygens (including phenoxy) is 1. The molecule has 7 nitrogen and oxygen atoms in total. The number of carbonyl (C=O) groups is 2. The number of hydrogen-bond donors (Lipinski definition) is 2. The van der Waals surface area contributed by atoms with Gasteiger partial charge in [0.25, 0.3) is 5.91 Å². The smallest absolute Gasteiger partial charge is 0.340 e. The highest BCUT2D eigenvalue weighted by atomic mass is 16.5. The number of para-hydroxylation sites is 1. The Morgan fingerprint density at radius 1 is 1.35 bits per heavy atom. The molecule has 1 aromatic carbocycles. The van der Waals surface area contributed by atoms with Crippen molar-refractivity contribution >= 4 is 23.3 Å². The van der Waals surface area contributed by atoms with Gasteiger partial charge in [-0.3, -0.25) is 9.48 Å². The van der Waals surface area contributed by atoms with Crippen molar-refractivity contribution in [3.8, 4) is 0 Å². The van der Waals surface area contributed by atoms with Crippen LogP contribution in [0.5, 0.6) is 0 Å². The van der Waals surface area contributed by atoms with Gasteiger partial charge < -0.3 is 15.8 Å². The zero-order valence-corrected chi connectivity index (χ0v) is 13.4. The molecule has 0 spiro atoms. The Bertz CT molecular complexity index is 722. The first-order chi connectivity index (χ1) is 10.9. The van der Waals surface area contributed by atoms with Crippen molar-refractivity contribution in [3.63, 3.8) is 0 Å². The average Bonchev–Trinajstić information content (AvgIpc) is 2.99. The predicted octanol–water partition coefficient (Wildman–Crippen LogP) is 2.48. The van der Waals surface area contributed by atoms with Gasteiger partial charge in [0, 0.05) is 12.2 Å². The van der Waals surface area contributed by atoms with Gasteiger partial charge in [-0.1, -0.05) is 6.07 Å². The van der Waals surface area contributed by atoms with Crippen LogP contribution in [-0.4, -0.2) is 28.3 Å². The van der Waals surface area contributed by atoms with Gasteiger partial charge >= 0.3 is 5.97 Å². The molecule has 3 N–H and O–H groups in total. The number of carbonyl (C=O) groups excluding carboxylic acids is 2. The molecule has 0 aliphatic heterocycles. The Morgan fingerprint density at radius 3 is 2.70 bits per heavy atom. The molecule has 0 saturated carbocycles. The van der Waals surface area contributed by atoms with Crippen LogP contribution in [0.15, 0.2) is 30.5 Å². The van der Waals surface area contributed by atoms with Gasteiger partial charge in [0.1, 0.15) is 0 Å². The number of nitrogens with zero attached hydrogens (tertiary/aromatic N) is 2. The zero-order chi connectivity index (χ0) is 17.0. The first kappa shape index (κ1) is 16.5.